The second kappa shape index (κ2) is 7.85. The fraction of sp³-hybridized carbons (Fsp3) is 0.167. The van der Waals surface area contributed by atoms with Crippen LogP contribution in [0.4, 0.5) is 5.69 Å². The minimum atomic E-state index is -0.0692. The van der Waals surface area contributed by atoms with Gasteiger partial charge in [-0.15, -0.1) is 11.8 Å². The van der Waals surface area contributed by atoms with Crippen LogP contribution in [0.25, 0.3) is 0 Å². The first-order valence-electron chi connectivity index (χ1n) is 7.38. The van der Waals surface area contributed by atoms with Crippen LogP contribution in [0.3, 0.4) is 0 Å². The lowest BCUT2D eigenvalue weighted by molar-refractivity contribution is 0.244. The number of aliphatic hydroxyl groups excluding tert-OH is 1. The highest BCUT2D eigenvalue weighted by atomic mass is 32.2. The number of nitrogens with one attached hydrogen (secondary N) is 1. The predicted octanol–water partition coefficient (Wildman–Crippen LogP) is 4.07. The van der Waals surface area contributed by atoms with Crippen molar-refractivity contribution < 1.29 is 9.52 Å². The number of thioether (sulfide) groups is 1. The van der Waals surface area contributed by atoms with Crippen LogP contribution in [0, 0.1) is 0 Å². The van der Waals surface area contributed by atoms with Crippen LogP contribution >= 0.6 is 11.8 Å². The molecule has 2 N–H and O–H groups in total. The molecule has 23 heavy (non-hydrogen) atoms. The zero-order valence-corrected chi connectivity index (χ0v) is 13.4. The highest BCUT2D eigenvalue weighted by Gasteiger charge is 2.02. The molecule has 0 radical (unpaired) electrons. The van der Waals surface area contributed by atoms with Crippen molar-refractivity contribution in [2.75, 3.05) is 5.32 Å². The maximum absolute atomic E-state index is 9.00. The van der Waals surface area contributed by atoms with Gasteiger partial charge in [-0.2, -0.15) is 0 Å². The topological polar surface area (TPSA) is 58.3 Å². The van der Waals surface area contributed by atoms with Crippen molar-refractivity contribution >= 4 is 17.4 Å². The van der Waals surface area contributed by atoms with Crippen LogP contribution < -0.4 is 5.32 Å². The number of hydrogen-bond acceptors (Lipinski definition) is 5. The van der Waals surface area contributed by atoms with Gasteiger partial charge in [-0.25, -0.2) is 4.98 Å². The van der Waals surface area contributed by atoms with Crippen LogP contribution in [0.1, 0.15) is 17.1 Å². The lowest BCUT2D eigenvalue weighted by Crippen LogP contribution is -1.98. The zero-order valence-electron chi connectivity index (χ0n) is 12.6. The number of anilines is 1. The van der Waals surface area contributed by atoms with Crippen molar-refractivity contribution in [3.8, 4) is 0 Å². The Bertz CT molecular complexity index is 744. The van der Waals surface area contributed by atoms with E-state index in [1.165, 1.54) is 5.56 Å². The average Bonchev–Trinajstić information content (AvgIpc) is 3.08. The van der Waals surface area contributed by atoms with Gasteiger partial charge in [-0.3, -0.25) is 0 Å². The fourth-order valence-corrected chi connectivity index (χ4v) is 2.96. The highest BCUT2D eigenvalue weighted by Crippen LogP contribution is 2.22. The van der Waals surface area contributed by atoms with Crippen LogP contribution in [-0.4, -0.2) is 10.1 Å². The third-order valence-corrected chi connectivity index (χ3v) is 4.31. The average molecular weight is 326 g/mol. The number of hydrogen-bond donors (Lipinski definition) is 2. The van der Waals surface area contributed by atoms with E-state index in [9.17, 15) is 0 Å². The molecule has 0 saturated carbocycles. The van der Waals surface area contributed by atoms with Crippen molar-refractivity contribution in [1.29, 1.82) is 0 Å². The van der Waals surface area contributed by atoms with Crippen LogP contribution in [-0.2, 0) is 18.9 Å². The number of benzene rings is 1. The van der Waals surface area contributed by atoms with Gasteiger partial charge in [0, 0.05) is 17.6 Å². The Morgan fingerprint density at radius 3 is 2.74 bits per heavy atom. The number of rotatable bonds is 7. The molecule has 1 aromatic carbocycles. The fourth-order valence-electron chi connectivity index (χ4n) is 2.15. The van der Waals surface area contributed by atoms with Gasteiger partial charge in [0.15, 0.2) is 0 Å². The van der Waals surface area contributed by atoms with Gasteiger partial charge in [0.1, 0.15) is 18.1 Å². The first-order chi connectivity index (χ1) is 11.3. The minimum Gasteiger partial charge on any atom is -0.462 e. The van der Waals surface area contributed by atoms with Gasteiger partial charge >= 0.3 is 0 Å². The van der Waals surface area contributed by atoms with Gasteiger partial charge in [-0.05, 0) is 42.0 Å². The second-order valence-electron chi connectivity index (χ2n) is 5.04. The summed E-state index contributed by atoms with van der Waals surface area (Å²) in [6, 6.07) is 17.9. The summed E-state index contributed by atoms with van der Waals surface area (Å²) in [4.78, 5) is 4.32. The molecule has 2 aromatic heterocycles. The van der Waals surface area contributed by atoms with E-state index in [1.807, 2.05) is 42.6 Å². The molecule has 4 nitrogen and oxygen atoms in total. The number of pyridine rings is 1. The molecule has 0 aliphatic carbocycles. The number of aromatic nitrogens is 1. The molecule has 3 rings (SSSR count). The van der Waals surface area contributed by atoms with E-state index in [-0.39, 0.29) is 6.61 Å². The number of furan rings is 1. The van der Waals surface area contributed by atoms with E-state index in [0.29, 0.717) is 12.3 Å². The minimum absolute atomic E-state index is 0.0692. The smallest absolute Gasteiger partial charge is 0.129 e. The molecular formula is C18H18N2O2S. The predicted molar refractivity (Wildman–Crippen MR) is 92.2 cm³/mol. The Morgan fingerprint density at radius 1 is 1.04 bits per heavy atom. The molecule has 0 atom stereocenters. The summed E-state index contributed by atoms with van der Waals surface area (Å²) < 4.78 is 5.47. The standard InChI is InChI=1S/C18H18N2O2S/c21-12-17-8-7-16(22-17)11-20-15-5-3-4-14(10-15)13-23-18-6-1-2-9-19-18/h1-10,20-21H,11-13H2. The summed E-state index contributed by atoms with van der Waals surface area (Å²) in [6.07, 6.45) is 1.81. The zero-order chi connectivity index (χ0) is 15.9. The first kappa shape index (κ1) is 15.6. The van der Waals surface area contributed by atoms with E-state index in [0.717, 1.165) is 22.2 Å². The monoisotopic (exact) mass is 326 g/mol. The number of nitrogens with zero attached hydrogens (tertiary/aromatic N) is 1. The second-order valence-corrected chi connectivity index (χ2v) is 6.03. The Morgan fingerprint density at radius 2 is 1.96 bits per heavy atom. The van der Waals surface area contributed by atoms with Crippen molar-refractivity contribution in [3.63, 3.8) is 0 Å². The normalized spacial score (nSPS) is 10.7. The van der Waals surface area contributed by atoms with Gasteiger partial charge in [-0.1, -0.05) is 18.2 Å². The SMILES string of the molecule is OCc1ccc(CNc2cccc(CSc3ccccn3)c2)o1. The molecular weight excluding hydrogens is 308 g/mol. The summed E-state index contributed by atoms with van der Waals surface area (Å²) >= 11 is 1.72. The lowest BCUT2D eigenvalue weighted by atomic mass is 10.2. The van der Waals surface area contributed by atoms with E-state index in [4.69, 9.17) is 9.52 Å². The van der Waals surface area contributed by atoms with Crippen molar-refractivity contribution in [1.82, 2.24) is 4.98 Å². The summed E-state index contributed by atoms with van der Waals surface area (Å²) in [5.41, 5.74) is 2.28. The molecule has 3 aromatic rings. The van der Waals surface area contributed by atoms with E-state index < -0.39 is 0 Å². The van der Waals surface area contributed by atoms with Crippen molar-refractivity contribution in [2.45, 2.75) is 23.9 Å². The van der Waals surface area contributed by atoms with E-state index >= 15 is 0 Å². The summed E-state index contributed by atoms with van der Waals surface area (Å²) in [5, 5.41) is 13.4. The third-order valence-electron chi connectivity index (χ3n) is 3.29. The molecule has 0 spiro atoms. The number of aliphatic hydroxyl groups is 1. The first-order valence-corrected chi connectivity index (χ1v) is 8.37. The molecule has 2 heterocycles. The maximum atomic E-state index is 9.00. The molecule has 0 aliphatic rings. The Labute approximate surface area is 139 Å². The largest absolute Gasteiger partial charge is 0.462 e. The van der Waals surface area contributed by atoms with Crippen molar-refractivity contribution in [2.24, 2.45) is 0 Å². The van der Waals surface area contributed by atoms with Crippen molar-refractivity contribution in [3.05, 3.63) is 77.9 Å². The van der Waals surface area contributed by atoms with Gasteiger partial charge in [0.25, 0.3) is 0 Å². The summed E-state index contributed by atoms with van der Waals surface area (Å²) in [5.74, 6) is 2.27. The quantitative estimate of drug-likeness (QED) is 0.641. The third kappa shape index (κ3) is 4.61. The Balaban J connectivity index is 1.56. The van der Waals surface area contributed by atoms with E-state index in [2.05, 4.69) is 22.4 Å². The Kier molecular flexibility index (Phi) is 5.34. The molecule has 0 unspecified atom stereocenters. The maximum Gasteiger partial charge on any atom is 0.129 e. The van der Waals surface area contributed by atoms with Crippen LogP contribution in [0.15, 0.2) is 70.2 Å². The molecule has 5 heteroatoms. The van der Waals surface area contributed by atoms with Gasteiger partial charge in [0.2, 0.25) is 0 Å². The molecule has 0 amide bonds. The van der Waals surface area contributed by atoms with Crippen LogP contribution in [0.2, 0.25) is 0 Å². The lowest BCUT2D eigenvalue weighted by Gasteiger charge is -2.07. The van der Waals surface area contributed by atoms with Crippen LogP contribution in [0.5, 0.6) is 0 Å². The summed E-state index contributed by atoms with van der Waals surface area (Å²) in [7, 11) is 0. The van der Waals surface area contributed by atoms with E-state index in [1.54, 1.807) is 17.8 Å². The molecule has 0 aliphatic heterocycles. The molecule has 0 saturated heterocycles. The Hall–Kier alpha value is -2.24. The summed E-state index contributed by atoms with van der Waals surface area (Å²) in [6.45, 7) is 0.525. The molecule has 0 fully saturated rings. The highest BCUT2D eigenvalue weighted by molar-refractivity contribution is 7.98. The molecule has 118 valence electrons. The van der Waals surface area contributed by atoms with Gasteiger partial charge in [0.05, 0.1) is 11.6 Å². The van der Waals surface area contributed by atoms with Gasteiger partial charge < -0.3 is 14.8 Å². The molecule has 0 bridgehead atoms.